The van der Waals surface area contributed by atoms with Gasteiger partial charge in [0.2, 0.25) is 5.91 Å². The third-order valence-corrected chi connectivity index (χ3v) is 4.01. The van der Waals surface area contributed by atoms with Crippen molar-refractivity contribution in [1.82, 2.24) is 5.32 Å². The molecule has 0 bridgehead atoms. The van der Waals surface area contributed by atoms with Crippen LogP contribution >= 0.6 is 11.8 Å². The van der Waals surface area contributed by atoms with Gasteiger partial charge in [0.1, 0.15) is 5.25 Å². The van der Waals surface area contributed by atoms with Crippen molar-refractivity contribution < 1.29 is 29.0 Å². The largest absolute Gasteiger partial charge is 0.493 e. The number of amidine groups is 1. The molecule has 25 heavy (non-hydrogen) atoms. The van der Waals surface area contributed by atoms with Crippen molar-refractivity contribution in [2.75, 3.05) is 7.11 Å². The van der Waals surface area contributed by atoms with Gasteiger partial charge in [-0.25, -0.2) is 0 Å². The van der Waals surface area contributed by atoms with Gasteiger partial charge in [0, 0.05) is 6.92 Å². The second kappa shape index (κ2) is 8.29. The molecule has 1 aromatic rings. The topological polar surface area (TPSA) is 127 Å². The summed E-state index contributed by atoms with van der Waals surface area (Å²) in [7, 11) is 1.45. The number of hydrogen-bond acceptors (Lipinski definition) is 8. The van der Waals surface area contributed by atoms with Gasteiger partial charge in [-0.15, -0.1) is 5.10 Å². The molecule has 1 unspecified atom stereocenters. The van der Waals surface area contributed by atoms with Crippen molar-refractivity contribution in [2.24, 2.45) is 10.2 Å². The summed E-state index contributed by atoms with van der Waals surface area (Å²) in [6, 6.07) is 4.85. The van der Waals surface area contributed by atoms with Crippen LogP contribution in [0.15, 0.2) is 28.4 Å². The number of carboxylic acid groups (broad SMARTS) is 1. The molecule has 1 amide bonds. The quantitative estimate of drug-likeness (QED) is 0.333. The van der Waals surface area contributed by atoms with Gasteiger partial charge in [-0.05, 0) is 23.8 Å². The lowest BCUT2D eigenvalue weighted by Gasteiger charge is -2.08. The van der Waals surface area contributed by atoms with E-state index in [1.54, 1.807) is 18.2 Å². The van der Waals surface area contributed by atoms with Gasteiger partial charge in [-0.3, -0.25) is 14.4 Å². The van der Waals surface area contributed by atoms with Crippen LogP contribution in [0.3, 0.4) is 0 Å². The van der Waals surface area contributed by atoms with Crippen LogP contribution in [0.25, 0.3) is 0 Å². The summed E-state index contributed by atoms with van der Waals surface area (Å²) in [6.07, 6.45) is 1.11. The predicted molar refractivity (Wildman–Crippen MR) is 91.1 cm³/mol. The van der Waals surface area contributed by atoms with Gasteiger partial charge >= 0.3 is 11.9 Å². The Hall–Kier alpha value is -2.88. The lowest BCUT2D eigenvalue weighted by Crippen LogP contribution is -2.26. The second-order valence-electron chi connectivity index (χ2n) is 4.85. The first-order valence-electron chi connectivity index (χ1n) is 7.06. The van der Waals surface area contributed by atoms with Gasteiger partial charge in [0.15, 0.2) is 16.7 Å². The number of esters is 1. The van der Waals surface area contributed by atoms with E-state index in [4.69, 9.17) is 14.6 Å². The minimum Gasteiger partial charge on any atom is -0.493 e. The number of ether oxygens (including phenoxy) is 2. The Balaban J connectivity index is 2.08. The number of methoxy groups -OCH3 is 1. The maximum atomic E-state index is 11.6. The maximum Gasteiger partial charge on any atom is 0.308 e. The zero-order valence-corrected chi connectivity index (χ0v) is 14.2. The Morgan fingerprint density at radius 3 is 2.80 bits per heavy atom. The Morgan fingerprint density at radius 2 is 2.16 bits per heavy atom. The van der Waals surface area contributed by atoms with Gasteiger partial charge in [0.05, 0.1) is 19.7 Å². The van der Waals surface area contributed by atoms with E-state index < -0.39 is 23.1 Å². The lowest BCUT2D eigenvalue weighted by atomic mass is 10.2. The van der Waals surface area contributed by atoms with E-state index in [0.717, 1.165) is 11.8 Å². The fourth-order valence-electron chi connectivity index (χ4n) is 1.90. The van der Waals surface area contributed by atoms with E-state index in [1.165, 1.54) is 20.2 Å². The number of aliphatic carboxylic acids is 1. The van der Waals surface area contributed by atoms with Crippen molar-refractivity contribution in [3.8, 4) is 11.5 Å². The molecule has 2 rings (SSSR count). The number of hydrogen-bond donors (Lipinski definition) is 2. The molecule has 1 aliphatic heterocycles. The standard InChI is InChI=1S/C15H15N3O6S/c1-8(19)24-11-5-9(3-4-10(11)23-2)7-16-18-15-17-14(22)12(25-15)6-13(20)21/h3-5,7,12H,6H2,1-2H3,(H,20,21)(H,17,18,22). The van der Waals surface area contributed by atoms with Crippen LogP contribution < -0.4 is 14.8 Å². The smallest absolute Gasteiger partial charge is 0.308 e. The number of nitrogens with one attached hydrogen (secondary N) is 1. The first kappa shape index (κ1) is 18.5. The molecule has 1 heterocycles. The molecular formula is C15H15N3O6S. The molecule has 1 atom stereocenters. The monoisotopic (exact) mass is 365 g/mol. The highest BCUT2D eigenvalue weighted by molar-refractivity contribution is 8.15. The second-order valence-corrected chi connectivity index (χ2v) is 6.04. The number of carboxylic acids is 1. The average molecular weight is 365 g/mol. The summed E-state index contributed by atoms with van der Waals surface area (Å²) in [5, 5.41) is 18.4. The van der Waals surface area contributed by atoms with E-state index in [-0.39, 0.29) is 17.3 Å². The molecule has 0 aromatic heterocycles. The predicted octanol–water partition coefficient (Wildman–Crippen LogP) is 1.02. The summed E-state index contributed by atoms with van der Waals surface area (Å²) in [4.78, 5) is 33.3. The van der Waals surface area contributed by atoms with E-state index in [2.05, 4.69) is 15.5 Å². The third kappa shape index (κ3) is 5.31. The Labute approximate surface area is 147 Å². The zero-order chi connectivity index (χ0) is 18.4. The van der Waals surface area contributed by atoms with Crippen LogP contribution in [-0.2, 0) is 14.4 Å². The molecule has 9 nitrogen and oxygen atoms in total. The molecule has 1 fully saturated rings. The molecule has 132 valence electrons. The van der Waals surface area contributed by atoms with Crippen molar-refractivity contribution in [3.63, 3.8) is 0 Å². The summed E-state index contributed by atoms with van der Waals surface area (Å²) in [5.41, 5.74) is 0.595. The number of thioether (sulfide) groups is 1. The number of carbonyl (C=O) groups excluding carboxylic acids is 2. The van der Waals surface area contributed by atoms with Crippen LogP contribution in [-0.4, -0.2) is 46.7 Å². The molecule has 0 spiro atoms. The number of benzene rings is 1. The van der Waals surface area contributed by atoms with Crippen LogP contribution in [0.4, 0.5) is 0 Å². The van der Waals surface area contributed by atoms with Crippen molar-refractivity contribution in [2.45, 2.75) is 18.6 Å². The molecular weight excluding hydrogens is 350 g/mol. The first-order chi connectivity index (χ1) is 11.9. The van der Waals surface area contributed by atoms with Crippen LogP contribution in [0.5, 0.6) is 11.5 Å². The molecule has 1 aromatic carbocycles. The molecule has 10 heteroatoms. The summed E-state index contributed by atoms with van der Waals surface area (Å²) in [6.45, 7) is 1.28. The number of rotatable bonds is 6. The maximum absolute atomic E-state index is 11.6. The zero-order valence-electron chi connectivity index (χ0n) is 13.4. The molecule has 0 radical (unpaired) electrons. The van der Waals surface area contributed by atoms with E-state index >= 15 is 0 Å². The minimum atomic E-state index is -1.06. The number of carbonyl (C=O) groups is 3. The lowest BCUT2D eigenvalue weighted by molar-refractivity contribution is -0.138. The van der Waals surface area contributed by atoms with E-state index in [1.807, 2.05) is 0 Å². The Kier molecular flexibility index (Phi) is 6.12. The number of amides is 1. The van der Waals surface area contributed by atoms with E-state index in [0.29, 0.717) is 11.3 Å². The number of nitrogens with zero attached hydrogens (tertiary/aromatic N) is 2. The fraction of sp³-hybridized carbons (Fsp3) is 0.267. The van der Waals surface area contributed by atoms with Crippen molar-refractivity contribution in [3.05, 3.63) is 23.8 Å². The van der Waals surface area contributed by atoms with Crippen LogP contribution in [0.1, 0.15) is 18.9 Å². The first-order valence-corrected chi connectivity index (χ1v) is 7.94. The fourth-order valence-corrected chi connectivity index (χ4v) is 2.82. The van der Waals surface area contributed by atoms with Gasteiger partial charge < -0.3 is 19.9 Å². The van der Waals surface area contributed by atoms with Crippen LogP contribution in [0.2, 0.25) is 0 Å². The highest BCUT2D eigenvalue weighted by Crippen LogP contribution is 2.27. The summed E-state index contributed by atoms with van der Waals surface area (Å²) >= 11 is 1.01. The molecule has 0 aliphatic carbocycles. The average Bonchev–Trinajstić information content (AvgIpc) is 2.86. The minimum absolute atomic E-state index is 0.223. The Morgan fingerprint density at radius 1 is 1.40 bits per heavy atom. The van der Waals surface area contributed by atoms with Crippen LogP contribution in [0, 0.1) is 0 Å². The SMILES string of the molecule is COc1ccc(C=NN=C2NC(=O)C(CC(=O)O)S2)cc1OC(C)=O. The van der Waals surface area contributed by atoms with Gasteiger partial charge in [-0.2, -0.15) is 5.10 Å². The summed E-state index contributed by atoms with van der Waals surface area (Å²) in [5.74, 6) is -1.32. The van der Waals surface area contributed by atoms with Crippen molar-refractivity contribution in [1.29, 1.82) is 0 Å². The highest BCUT2D eigenvalue weighted by atomic mass is 32.2. The highest BCUT2D eigenvalue weighted by Gasteiger charge is 2.32. The third-order valence-electron chi connectivity index (χ3n) is 2.93. The normalized spacial score (nSPS) is 18.4. The summed E-state index contributed by atoms with van der Waals surface area (Å²) < 4.78 is 10.1. The molecule has 1 aliphatic rings. The van der Waals surface area contributed by atoms with Gasteiger partial charge in [0.25, 0.3) is 0 Å². The van der Waals surface area contributed by atoms with Crippen molar-refractivity contribution >= 4 is 41.0 Å². The Bertz CT molecular complexity index is 762. The van der Waals surface area contributed by atoms with Gasteiger partial charge in [-0.1, -0.05) is 11.8 Å². The molecule has 1 saturated heterocycles. The molecule has 2 N–H and O–H groups in total. The molecule has 0 saturated carbocycles. The van der Waals surface area contributed by atoms with E-state index in [9.17, 15) is 14.4 Å².